The van der Waals surface area contributed by atoms with E-state index in [9.17, 15) is 14.7 Å². The van der Waals surface area contributed by atoms with E-state index in [0.717, 1.165) is 0 Å². The van der Waals surface area contributed by atoms with Crippen LogP contribution in [0.2, 0.25) is 0 Å². The van der Waals surface area contributed by atoms with Crippen molar-refractivity contribution in [2.24, 2.45) is 5.92 Å². The van der Waals surface area contributed by atoms with Crippen LogP contribution in [0.4, 0.5) is 4.79 Å². The molecule has 0 radical (unpaired) electrons. The van der Waals surface area contributed by atoms with Crippen molar-refractivity contribution in [3.8, 4) is 11.5 Å². The van der Waals surface area contributed by atoms with E-state index in [-0.39, 0.29) is 41.9 Å². The van der Waals surface area contributed by atoms with Gasteiger partial charge in [-0.3, -0.25) is 5.32 Å². The Labute approximate surface area is 200 Å². The van der Waals surface area contributed by atoms with Gasteiger partial charge in [0.05, 0.1) is 31.9 Å². The molecule has 30 heavy (non-hydrogen) atoms. The smallest absolute Gasteiger partial charge is 0.547 e. The molecule has 164 valence electrons. The molecule has 0 aromatic heterocycles. The molecule has 0 aliphatic rings. The van der Waals surface area contributed by atoms with Gasteiger partial charge in [0.25, 0.3) is 0 Å². The third-order valence-electron chi connectivity index (χ3n) is 3.95. The van der Waals surface area contributed by atoms with Gasteiger partial charge in [-0.2, -0.15) is 0 Å². The van der Waals surface area contributed by atoms with E-state index >= 15 is 0 Å². The van der Waals surface area contributed by atoms with Crippen molar-refractivity contribution in [2.45, 2.75) is 65.4 Å². The molecule has 1 aromatic carbocycles. The number of rotatable bonds is 10. The number of benzene rings is 1. The summed E-state index contributed by atoms with van der Waals surface area (Å²) in [6, 6.07) is 5.03. The van der Waals surface area contributed by atoms with Crippen molar-refractivity contribution in [3.05, 3.63) is 23.8 Å². The second-order valence-corrected chi connectivity index (χ2v) is 8.02. The molecule has 0 bridgehead atoms. The number of nitrogens with one attached hydrogen (secondary N) is 1. The van der Waals surface area contributed by atoms with Crippen molar-refractivity contribution in [3.63, 3.8) is 0 Å². The van der Waals surface area contributed by atoms with Crippen LogP contribution in [-0.2, 0) is 14.3 Å². The van der Waals surface area contributed by atoms with Crippen LogP contribution in [0, 0.1) is 5.92 Å². The van der Waals surface area contributed by atoms with Gasteiger partial charge in [-0.25, -0.2) is 4.79 Å². The van der Waals surface area contributed by atoms with Crippen LogP contribution >= 0.6 is 0 Å². The standard InChI is InChI=1S/C21H33NO7.Na/c1-13(2)11-12-16(19(23)24)28-18(22-20(25)29-21(3,4)5)17-14(26-6)9-8-10-15(17)27-7;/h8-10,13,16,18H,11-12H2,1-7H3,(H,22,25)(H,23,24);/q;+1/p-1. The quantitative estimate of drug-likeness (QED) is 0.402. The molecule has 0 spiro atoms. The molecule has 2 atom stereocenters. The molecule has 1 N–H and O–H groups in total. The summed E-state index contributed by atoms with van der Waals surface area (Å²) in [5.74, 6) is -0.355. The summed E-state index contributed by atoms with van der Waals surface area (Å²) in [6.07, 6.45) is -2.36. The van der Waals surface area contributed by atoms with Crippen molar-refractivity contribution >= 4 is 12.1 Å². The van der Waals surface area contributed by atoms with Crippen molar-refractivity contribution < 1.29 is 63.2 Å². The zero-order valence-corrected chi connectivity index (χ0v) is 21.2. The molecular formula is C21H32NNaO7. The molecule has 0 saturated carbocycles. The second-order valence-electron chi connectivity index (χ2n) is 8.02. The summed E-state index contributed by atoms with van der Waals surface area (Å²) < 4.78 is 21.8. The number of carboxylic acids is 1. The predicted octanol–water partition coefficient (Wildman–Crippen LogP) is -0.198. The Morgan fingerprint density at radius 1 is 1.07 bits per heavy atom. The first-order chi connectivity index (χ1) is 13.5. The summed E-state index contributed by atoms with van der Waals surface area (Å²) in [4.78, 5) is 24.1. The Kier molecular flexibility index (Phi) is 12.4. The fourth-order valence-corrected chi connectivity index (χ4v) is 2.62. The van der Waals surface area contributed by atoms with Crippen molar-refractivity contribution in [1.82, 2.24) is 5.32 Å². The fourth-order valence-electron chi connectivity index (χ4n) is 2.62. The SMILES string of the molecule is COc1cccc(OC)c1C(NC(=O)OC(C)(C)C)OC(CCC(C)C)C(=O)[O-].[Na+]. The van der Waals surface area contributed by atoms with Crippen LogP contribution in [0.5, 0.6) is 11.5 Å². The van der Waals surface area contributed by atoms with Crippen molar-refractivity contribution in [1.29, 1.82) is 0 Å². The minimum atomic E-state index is -1.37. The number of carboxylic acid groups (broad SMARTS) is 1. The summed E-state index contributed by atoms with van der Waals surface area (Å²) in [5.41, 5.74) is -0.399. The van der Waals surface area contributed by atoms with Crippen LogP contribution in [0.1, 0.15) is 59.3 Å². The van der Waals surface area contributed by atoms with Crippen LogP contribution in [0.3, 0.4) is 0 Å². The van der Waals surface area contributed by atoms with E-state index < -0.39 is 30.0 Å². The first-order valence-electron chi connectivity index (χ1n) is 9.55. The monoisotopic (exact) mass is 433 g/mol. The third kappa shape index (κ3) is 9.55. The van der Waals surface area contributed by atoms with E-state index in [4.69, 9.17) is 18.9 Å². The molecular weight excluding hydrogens is 401 g/mol. The molecule has 0 heterocycles. The molecule has 2 unspecified atom stereocenters. The Bertz CT molecular complexity index is 666. The van der Waals surface area contributed by atoms with Crippen LogP contribution in [0.25, 0.3) is 0 Å². The Balaban J connectivity index is 0.00000841. The molecule has 0 saturated heterocycles. The second kappa shape index (κ2) is 13.0. The van der Waals surface area contributed by atoms with Gasteiger partial charge in [0.15, 0.2) is 6.23 Å². The topological polar surface area (TPSA) is 106 Å². The van der Waals surface area contributed by atoms with E-state index in [1.165, 1.54) is 14.2 Å². The maximum Gasteiger partial charge on any atom is 1.00 e. The van der Waals surface area contributed by atoms with Gasteiger partial charge >= 0.3 is 35.7 Å². The number of methoxy groups -OCH3 is 2. The molecule has 0 fully saturated rings. The van der Waals surface area contributed by atoms with Crippen LogP contribution in [0.15, 0.2) is 18.2 Å². The zero-order valence-electron chi connectivity index (χ0n) is 19.2. The first-order valence-corrected chi connectivity index (χ1v) is 9.55. The maximum absolute atomic E-state index is 12.4. The summed E-state index contributed by atoms with van der Waals surface area (Å²) in [7, 11) is 2.91. The maximum atomic E-state index is 12.4. The number of carbonyl (C=O) groups excluding carboxylic acids is 2. The van der Waals surface area contributed by atoms with Gasteiger partial charge in [0.2, 0.25) is 0 Å². The average molecular weight is 433 g/mol. The number of carbonyl (C=O) groups is 2. The van der Waals surface area contributed by atoms with Crippen LogP contribution < -0.4 is 49.5 Å². The average Bonchev–Trinajstić information content (AvgIpc) is 2.61. The van der Waals surface area contributed by atoms with E-state index in [0.29, 0.717) is 23.5 Å². The largest absolute Gasteiger partial charge is 1.00 e. The van der Waals surface area contributed by atoms with Crippen molar-refractivity contribution in [2.75, 3.05) is 14.2 Å². The van der Waals surface area contributed by atoms with Gasteiger partial charge in [-0.1, -0.05) is 19.9 Å². The molecule has 1 amide bonds. The van der Waals surface area contributed by atoms with E-state index in [2.05, 4.69) is 5.32 Å². The van der Waals surface area contributed by atoms with Crippen LogP contribution in [-0.4, -0.2) is 38.0 Å². The molecule has 0 aliphatic carbocycles. The number of hydrogen-bond acceptors (Lipinski definition) is 7. The normalized spacial score (nSPS) is 13.1. The van der Waals surface area contributed by atoms with Gasteiger partial charge in [0.1, 0.15) is 17.1 Å². The van der Waals surface area contributed by atoms with Gasteiger partial charge in [0, 0.05) is 0 Å². The number of ether oxygens (including phenoxy) is 4. The predicted molar refractivity (Wildman–Crippen MR) is 106 cm³/mol. The molecule has 1 aromatic rings. The zero-order chi connectivity index (χ0) is 22.2. The van der Waals surface area contributed by atoms with Gasteiger partial charge in [-0.05, 0) is 51.7 Å². The first kappa shape index (κ1) is 28.5. The Hall–Kier alpha value is -1.48. The minimum absolute atomic E-state index is 0. The number of aliphatic carboxylic acids is 1. The van der Waals surface area contributed by atoms with Gasteiger partial charge in [-0.15, -0.1) is 0 Å². The molecule has 8 nitrogen and oxygen atoms in total. The Morgan fingerprint density at radius 2 is 1.60 bits per heavy atom. The summed E-state index contributed by atoms with van der Waals surface area (Å²) in [6.45, 7) is 9.12. The molecule has 9 heteroatoms. The number of alkyl carbamates (subject to hydrolysis) is 1. The van der Waals surface area contributed by atoms with E-state index in [1.54, 1.807) is 39.0 Å². The minimum Gasteiger partial charge on any atom is -0.547 e. The summed E-state index contributed by atoms with van der Waals surface area (Å²) >= 11 is 0. The van der Waals surface area contributed by atoms with E-state index in [1.807, 2.05) is 13.8 Å². The fraction of sp³-hybridized carbons (Fsp3) is 0.619. The number of hydrogen-bond donors (Lipinski definition) is 1. The van der Waals surface area contributed by atoms with Gasteiger partial charge < -0.3 is 28.8 Å². The Morgan fingerprint density at radius 3 is 2.00 bits per heavy atom. The molecule has 1 rings (SSSR count). The summed E-state index contributed by atoms with van der Waals surface area (Å²) in [5, 5.41) is 14.2. The molecule has 0 aliphatic heterocycles. The number of amides is 1. The third-order valence-corrected chi connectivity index (χ3v) is 3.95.